The standard InChI is InChI=1S/C14H27NO2/c1-5-7-13(14(16)17-6-2)15-9-11(3)8-12(4)10-15/h11-13H,5-10H2,1-4H3. The second kappa shape index (κ2) is 7.00. The van der Waals surface area contributed by atoms with Crippen molar-refractivity contribution >= 4 is 5.97 Å². The van der Waals surface area contributed by atoms with Gasteiger partial charge in [0.05, 0.1) is 6.61 Å². The van der Waals surface area contributed by atoms with Gasteiger partial charge in [0.15, 0.2) is 0 Å². The molecule has 3 heteroatoms. The molecule has 1 rings (SSSR count). The molecule has 100 valence electrons. The van der Waals surface area contributed by atoms with Crippen molar-refractivity contribution in [1.29, 1.82) is 0 Å². The summed E-state index contributed by atoms with van der Waals surface area (Å²) in [6, 6.07) is -0.0230. The molecule has 0 saturated carbocycles. The van der Waals surface area contributed by atoms with E-state index in [2.05, 4.69) is 25.7 Å². The number of esters is 1. The Hall–Kier alpha value is -0.570. The third-order valence-electron chi connectivity index (χ3n) is 3.46. The first-order chi connectivity index (χ1) is 8.08. The quantitative estimate of drug-likeness (QED) is 0.693. The number of likely N-dealkylation sites (tertiary alicyclic amines) is 1. The predicted molar refractivity (Wildman–Crippen MR) is 69.8 cm³/mol. The Morgan fingerprint density at radius 3 is 2.35 bits per heavy atom. The molecule has 1 saturated heterocycles. The molecule has 1 fully saturated rings. The number of piperidine rings is 1. The lowest BCUT2D eigenvalue weighted by Gasteiger charge is -2.39. The number of nitrogens with zero attached hydrogens (tertiary/aromatic N) is 1. The van der Waals surface area contributed by atoms with Gasteiger partial charge < -0.3 is 4.74 Å². The van der Waals surface area contributed by atoms with Crippen molar-refractivity contribution in [1.82, 2.24) is 4.90 Å². The Kier molecular flexibility index (Phi) is 5.96. The van der Waals surface area contributed by atoms with Gasteiger partial charge in [-0.25, -0.2) is 0 Å². The van der Waals surface area contributed by atoms with Gasteiger partial charge in [-0.05, 0) is 31.6 Å². The molecule has 3 atom stereocenters. The summed E-state index contributed by atoms with van der Waals surface area (Å²) < 4.78 is 5.20. The first-order valence-corrected chi connectivity index (χ1v) is 6.99. The van der Waals surface area contributed by atoms with Crippen molar-refractivity contribution in [3.63, 3.8) is 0 Å². The second-order valence-corrected chi connectivity index (χ2v) is 5.46. The largest absolute Gasteiger partial charge is 0.465 e. The summed E-state index contributed by atoms with van der Waals surface area (Å²) in [5, 5.41) is 0. The molecule has 1 aliphatic rings. The lowest BCUT2D eigenvalue weighted by Crippen LogP contribution is -2.49. The summed E-state index contributed by atoms with van der Waals surface area (Å²) in [6.07, 6.45) is 3.22. The number of ether oxygens (including phenoxy) is 1. The fourth-order valence-corrected chi connectivity index (χ4v) is 2.93. The fourth-order valence-electron chi connectivity index (χ4n) is 2.93. The molecule has 0 spiro atoms. The number of carbonyl (C=O) groups excluding carboxylic acids is 1. The third-order valence-corrected chi connectivity index (χ3v) is 3.46. The Bertz CT molecular complexity index is 232. The molecule has 0 aromatic carbocycles. The van der Waals surface area contributed by atoms with Gasteiger partial charge in [-0.3, -0.25) is 9.69 Å². The highest BCUT2D eigenvalue weighted by molar-refractivity contribution is 5.75. The van der Waals surface area contributed by atoms with E-state index in [1.54, 1.807) is 0 Å². The maximum Gasteiger partial charge on any atom is 0.323 e. The molecule has 3 unspecified atom stereocenters. The van der Waals surface area contributed by atoms with E-state index in [1.165, 1.54) is 6.42 Å². The van der Waals surface area contributed by atoms with E-state index in [0.29, 0.717) is 18.4 Å². The lowest BCUT2D eigenvalue weighted by atomic mass is 9.90. The van der Waals surface area contributed by atoms with Crippen molar-refractivity contribution in [2.45, 2.75) is 53.0 Å². The van der Waals surface area contributed by atoms with E-state index < -0.39 is 0 Å². The van der Waals surface area contributed by atoms with E-state index in [1.807, 2.05) is 6.92 Å². The summed E-state index contributed by atoms with van der Waals surface area (Å²) in [5.74, 6) is 1.34. The molecule has 0 amide bonds. The summed E-state index contributed by atoms with van der Waals surface area (Å²) in [5.41, 5.74) is 0. The topological polar surface area (TPSA) is 29.5 Å². The molecule has 0 radical (unpaired) electrons. The first-order valence-electron chi connectivity index (χ1n) is 6.99. The number of hydrogen-bond acceptors (Lipinski definition) is 3. The molecule has 0 aromatic heterocycles. The zero-order chi connectivity index (χ0) is 12.8. The Labute approximate surface area is 106 Å². The SMILES string of the molecule is CCCC(C(=O)OCC)N1CC(C)CC(C)C1. The average molecular weight is 241 g/mol. The zero-order valence-corrected chi connectivity index (χ0v) is 11.7. The van der Waals surface area contributed by atoms with Crippen molar-refractivity contribution in [3.8, 4) is 0 Å². The first kappa shape index (κ1) is 14.5. The fraction of sp³-hybridized carbons (Fsp3) is 0.929. The molecule has 0 aliphatic carbocycles. The Morgan fingerprint density at radius 2 is 1.88 bits per heavy atom. The van der Waals surface area contributed by atoms with Gasteiger partial charge in [0.2, 0.25) is 0 Å². The van der Waals surface area contributed by atoms with Crippen molar-refractivity contribution in [2.24, 2.45) is 11.8 Å². The summed E-state index contributed by atoms with van der Waals surface area (Å²) in [6.45, 7) is 11.1. The molecular formula is C14H27NO2. The second-order valence-electron chi connectivity index (χ2n) is 5.46. The van der Waals surface area contributed by atoms with Gasteiger partial charge in [0.25, 0.3) is 0 Å². The van der Waals surface area contributed by atoms with Crippen LogP contribution in [0.4, 0.5) is 0 Å². The van der Waals surface area contributed by atoms with Crippen LogP contribution >= 0.6 is 0 Å². The van der Waals surface area contributed by atoms with E-state index in [9.17, 15) is 4.79 Å². The van der Waals surface area contributed by atoms with E-state index in [0.717, 1.165) is 25.9 Å². The van der Waals surface area contributed by atoms with Crippen LogP contribution < -0.4 is 0 Å². The minimum absolute atomic E-state index is 0.0230. The van der Waals surface area contributed by atoms with E-state index in [-0.39, 0.29) is 12.0 Å². The predicted octanol–water partition coefficient (Wildman–Crippen LogP) is 2.70. The monoisotopic (exact) mass is 241 g/mol. The van der Waals surface area contributed by atoms with Crippen LogP contribution in [0.2, 0.25) is 0 Å². The number of rotatable bonds is 5. The van der Waals surface area contributed by atoms with Crippen LogP contribution in [0.25, 0.3) is 0 Å². The van der Waals surface area contributed by atoms with Gasteiger partial charge in [-0.2, -0.15) is 0 Å². The van der Waals surface area contributed by atoms with Crippen molar-refractivity contribution in [3.05, 3.63) is 0 Å². The lowest BCUT2D eigenvalue weighted by molar-refractivity contribution is -0.151. The Morgan fingerprint density at radius 1 is 1.29 bits per heavy atom. The van der Waals surface area contributed by atoms with Crippen LogP contribution in [0.3, 0.4) is 0 Å². The third kappa shape index (κ3) is 4.30. The highest BCUT2D eigenvalue weighted by atomic mass is 16.5. The van der Waals surface area contributed by atoms with Crippen molar-refractivity contribution in [2.75, 3.05) is 19.7 Å². The number of hydrogen-bond donors (Lipinski definition) is 0. The summed E-state index contributed by atoms with van der Waals surface area (Å²) in [4.78, 5) is 14.3. The van der Waals surface area contributed by atoms with Gasteiger partial charge in [-0.15, -0.1) is 0 Å². The zero-order valence-electron chi connectivity index (χ0n) is 11.7. The normalized spacial score (nSPS) is 27.8. The molecule has 1 aliphatic heterocycles. The minimum atomic E-state index is -0.0318. The Balaban J connectivity index is 2.65. The van der Waals surface area contributed by atoms with Crippen LogP contribution in [0, 0.1) is 11.8 Å². The van der Waals surface area contributed by atoms with Gasteiger partial charge in [0, 0.05) is 13.1 Å². The van der Waals surface area contributed by atoms with Crippen LogP contribution in [0.1, 0.15) is 47.0 Å². The van der Waals surface area contributed by atoms with Crippen molar-refractivity contribution < 1.29 is 9.53 Å². The highest BCUT2D eigenvalue weighted by Gasteiger charge is 2.31. The molecular weight excluding hydrogens is 214 g/mol. The van der Waals surface area contributed by atoms with Gasteiger partial charge >= 0.3 is 5.97 Å². The summed E-state index contributed by atoms with van der Waals surface area (Å²) in [7, 11) is 0. The van der Waals surface area contributed by atoms with E-state index in [4.69, 9.17) is 4.74 Å². The number of carbonyl (C=O) groups is 1. The average Bonchev–Trinajstić information content (AvgIpc) is 2.24. The molecule has 1 heterocycles. The van der Waals surface area contributed by atoms with Gasteiger partial charge in [-0.1, -0.05) is 27.2 Å². The van der Waals surface area contributed by atoms with Gasteiger partial charge in [0.1, 0.15) is 6.04 Å². The maximum atomic E-state index is 12.0. The van der Waals surface area contributed by atoms with Crippen LogP contribution in [0.15, 0.2) is 0 Å². The molecule has 3 nitrogen and oxygen atoms in total. The molecule has 0 aromatic rings. The van der Waals surface area contributed by atoms with Crippen LogP contribution in [0.5, 0.6) is 0 Å². The minimum Gasteiger partial charge on any atom is -0.465 e. The smallest absolute Gasteiger partial charge is 0.323 e. The van der Waals surface area contributed by atoms with Crippen LogP contribution in [-0.2, 0) is 9.53 Å². The maximum absolute atomic E-state index is 12.0. The molecule has 0 N–H and O–H groups in total. The highest BCUT2D eigenvalue weighted by Crippen LogP contribution is 2.24. The van der Waals surface area contributed by atoms with Crippen LogP contribution in [-0.4, -0.2) is 36.6 Å². The summed E-state index contributed by atoms with van der Waals surface area (Å²) >= 11 is 0. The van der Waals surface area contributed by atoms with E-state index >= 15 is 0 Å². The molecule has 17 heavy (non-hydrogen) atoms. The molecule has 0 bridgehead atoms.